The van der Waals surface area contributed by atoms with Crippen molar-refractivity contribution in [1.29, 1.82) is 0 Å². The Labute approximate surface area is 50.9 Å². The highest BCUT2D eigenvalue weighted by Crippen LogP contribution is 2.40. The largest absolute Gasteiger partial charge is 0.287 e. The van der Waals surface area contributed by atoms with E-state index < -0.39 is 10.2 Å². The molecule has 1 unspecified atom stereocenters. The summed E-state index contributed by atoms with van der Waals surface area (Å²) in [4.78, 5) is 3.91. The Morgan fingerprint density at radius 3 is 2.75 bits per heavy atom. The summed E-state index contributed by atoms with van der Waals surface area (Å²) < 4.78 is 0. The molecule has 0 aromatic carbocycles. The van der Waals surface area contributed by atoms with E-state index in [0.29, 0.717) is 0 Å². The molecule has 1 aliphatic rings. The highest BCUT2D eigenvalue weighted by atomic mass is 32.3. The highest BCUT2D eigenvalue weighted by Gasteiger charge is 2.10. The van der Waals surface area contributed by atoms with Gasteiger partial charge in [0.25, 0.3) is 0 Å². The van der Waals surface area contributed by atoms with Gasteiger partial charge in [0.2, 0.25) is 0 Å². The Bertz CT molecular complexity index is 127. The molecule has 0 amide bonds. The summed E-state index contributed by atoms with van der Waals surface area (Å²) in [5.74, 6) is 1.01. The van der Waals surface area contributed by atoms with E-state index in [1.165, 1.54) is 0 Å². The fraction of sp³-hybridized carbons (Fsp3) is 0.400. The number of hydrogen-bond acceptors (Lipinski definition) is 2. The fourth-order valence-corrected chi connectivity index (χ4v) is 1.51. The molecule has 0 saturated heterocycles. The Kier molecular flexibility index (Phi) is 1.40. The lowest BCUT2D eigenvalue weighted by Gasteiger charge is -2.20. The lowest BCUT2D eigenvalue weighted by molar-refractivity contribution is 1.50. The van der Waals surface area contributed by atoms with E-state index in [2.05, 4.69) is 11.9 Å². The van der Waals surface area contributed by atoms with E-state index in [4.69, 9.17) is 5.14 Å². The predicted molar refractivity (Wildman–Crippen MR) is 40.0 cm³/mol. The summed E-state index contributed by atoms with van der Waals surface area (Å²) in [6.07, 6.45) is 1.78. The standard InChI is InChI=1S/C5H10N2S/c1-2-8(6)4-3-7-5-8/h3-5H,2,6H2,1H3. The molecule has 3 heteroatoms. The first-order valence-electron chi connectivity index (χ1n) is 2.55. The van der Waals surface area contributed by atoms with Gasteiger partial charge in [0.05, 0.1) is 5.55 Å². The van der Waals surface area contributed by atoms with E-state index in [9.17, 15) is 0 Å². The van der Waals surface area contributed by atoms with Crippen LogP contribution in [0.1, 0.15) is 6.92 Å². The Balaban J connectivity index is 2.69. The van der Waals surface area contributed by atoms with Gasteiger partial charge in [0.1, 0.15) is 0 Å². The lowest BCUT2D eigenvalue weighted by atomic mass is 11.0. The van der Waals surface area contributed by atoms with E-state index in [0.717, 1.165) is 5.75 Å². The fourth-order valence-electron chi connectivity index (χ4n) is 0.503. The minimum Gasteiger partial charge on any atom is -0.287 e. The Morgan fingerprint density at radius 1 is 1.75 bits per heavy atom. The van der Waals surface area contributed by atoms with E-state index in [1.54, 1.807) is 6.20 Å². The zero-order valence-electron chi connectivity index (χ0n) is 4.87. The third-order valence-corrected chi connectivity index (χ3v) is 3.30. The van der Waals surface area contributed by atoms with Crippen molar-refractivity contribution in [1.82, 2.24) is 0 Å². The van der Waals surface area contributed by atoms with E-state index >= 15 is 0 Å². The van der Waals surface area contributed by atoms with Gasteiger partial charge in [0, 0.05) is 6.20 Å². The van der Waals surface area contributed by atoms with Gasteiger partial charge in [-0.2, -0.15) is 0 Å². The first kappa shape index (κ1) is 5.85. The minimum absolute atomic E-state index is 1.01. The number of nitrogens with two attached hydrogens (primary N) is 1. The maximum absolute atomic E-state index is 5.81. The van der Waals surface area contributed by atoms with Crippen LogP contribution in [0.25, 0.3) is 0 Å². The van der Waals surface area contributed by atoms with Crippen molar-refractivity contribution in [3.8, 4) is 0 Å². The molecule has 0 bridgehead atoms. The highest BCUT2D eigenvalue weighted by molar-refractivity contribution is 8.44. The molecule has 2 nitrogen and oxygen atoms in total. The van der Waals surface area contributed by atoms with Crippen molar-refractivity contribution in [2.45, 2.75) is 6.92 Å². The van der Waals surface area contributed by atoms with E-state index in [1.807, 2.05) is 11.0 Å². The molecule has 1 atom stereocenters. The lowest BCUT2D eigenvalue weighted by Crippen LogP contribution is -2.08. The maximum Gasteiger partial charge on any atom is 0.0582 e. The minimum atomic E-state index is -1.01. The maximum atomic E-state index is 5.81. The van der Waals surface area contributed by atoms with Gasteiger partial charge in [-0.05, 0) is 11.2 Å². The van der Waals surface area contributed by atoms with Crippen molar-refractivity contribution < 1.29 is 0 Å². The Morgan fingerprint density at radius 2 is 2.50 bits per heavy atom. The van der Waals surface area contributed by atoms with Gasteiger partial charge in [-0.25, -0.2) is 0 Å². The van der Waals surface area contributed by atoms with Crippen molar-refractivity contribution in [2.75, 3.05) is 5.75 Å². The van der Waals surface area contributed by atoms with Crippen LogP contribution in [0.2, 0.25) is 0 Å². The number of aliphatic imine (C=N–C) groups is 1. The zero-order valence-corrected chi connectivity index (χ0v) is 5.69. The molecular formula is C5H10N2S. The third kappa shape index (κ3) is 0.928. The average molecular weight is 130 g/mol. The molecule has 1 heterocycles. The molecule has 2 N–H and O–H groups in total. The molecule has 0 fully saturated rings. The molecule has 0 spiro atoms. The summed E-state index contributed by atoms with van der Waals surface area (Å²) in [6, 6.07) is 0. The molecule has 0 aromatic rings. The quantitative estimate of drug-likeness (QED) is 0.569. The second kappa shape index (κ2) is 1.91. The summed E-state index contributed by atoms with van der Waals surface area (Å²) in [5, 5.41) is 7.80. The predicted octanol–water partition coefficient (Wildman–Crippen LogP) is 1.20. The average Bonchev–Trinajstić information content (AvgIpc) is 2.17. The van der Waals surface area contributed by atoms with Crippen LogP contribution in [-0.4, -0.2) is 11.3 Å². The van der Waals surface area contributed by atoms with Gasteiger partial charge in [-0.3, -0.25) is 10.1 Å². The topological polar surface area (TPSA) is 38.4 Å². The third-order valence-electron chi connectivity index (χ3n) is 1.16. The van der Waals surface area contributed by atoms with Gasteiger partial charge in [-0.1, -0.05) is 6.92 Å². The molecule has 0 radical (unpaired) electrons. The smallest absolute Gasteiger partial charge is 0.0582 e. The van der Waals surface area contributed by atoms with Gasteiger partial charge < -0.3 is 0 Å². The van der Waals surface area contributed by atoms with Crippen LogP contribution in [-0.2, 0) is 0 Å². The van der Waals surface area contributed by atoms with Crippen molar-refractivity contribution in [3.63, 3.8) is 0 Å². The molecular weight excluding hydrogens is 120 g/mol. The molecule has 0 saturated carbocycles. The van der Waals surface area contributed by atoms with Gasteiger partial charge in [0.15, 0.2) is 0 Å². The van der Waals surface area contributed by atoms with Crippen LogP contribution in [0.4, 0.5) is 0 Å². The first-order valence-corrected chi connectivity index (χ1v) is 4.54. The molecule has 46 valence electrons. The number of rotatable bonds is 1. The summed E-state index contributed by atoms with van der Waals surface area (Å²) in [7, 11) is -1.01. The summed E-state index contributed by atoms with van der Waals surface area (Å²) in [6.45, 7) is 2.08. The van der Waals surface area contributed by atoms with Crippen molar-refractivity contribution >= 4 is 15.8 Å². The second-order valence-corrected chi connectivity index (χ2v) is 4.61. The number of hydrogen-bond donors (Lipinski definition) is 1. The van der Waals surface area contributed by atoms with Gasteiger partial charge in [-0.15, -0.1) is 10.2 Å². The molecule has 1 aliphatic heterocycles. The Hall–Kier alpha value is -0.280. The van der Waals surface area contributed by atoms with E-state index in [-0.39, 0.29) is 0 Å². The van der Waals surface area contributed by atoms with Crippen molar-refractivity contribution in [3.05, 3.63) is 11.6 Å². The molecule has 1 rings (SSSR count). The molecule has 0 aromatic heterocycles. The summed E-state index contributed by atoms with van der Waals surface area (Å²) >= 11 is 0. The normalized spacial score (nSPS) is 42.2. The van der Waals surface area contributed by atoms with Crippen LogP contribution in [0.5, 0.6) is 0 Å². The second-order valence-electron chi connectivity index (χ2n) is 1.74. The molecule has 0 aliphatic carbocycles. The zero-order chi connectivity index (χ0) is 6.04. The molecule has 8 heavy (non-hydrogen) atoms. The SMILES string of the molecule is CCS1(N)C=CN=C1. The van der Waals surface area contributed by atoms with Crippen LogP contribution in [0.15, 0.2) is 16.6 Å². The first-order chi connectivity index (χ1) is 3.77. The van der Waals surface area contributed by atoms with Crippen LogP contribution in [0, 0.1) is 0 Å². The van der Waals surface area contributed by atoms with Gasteiger partial charge >= 0.3 is 0 Å². The van der Waals surface area contributed by atoms with Crippen molar-refractivity contribution in [2.24, 2.45) is 10.1 Å². The van der Waals surface area contributed by atoms with Crippen LogP contribution in [0.3, 0.4) is 0 Å². The van der Waals surface area contributed by atoms with Crippen LogP contribution >= 0.6 is 10.2 Å². The van der Waals surface area contributed by atoms with Crippen LogP contribution < -0.4 is 5.14 Å². The monoisotopic (exact) mass is 130 g/mol. The summed E-state index contributed by atoms with van der Waals surface area (Å²) in [5.41, 5.74) is 1.85. The number of nitrogens with zero attached hydrogens (tertiary/aromatic N) is 1.